The Labute approximate surface area is 82.5 Å². The maximum absolute atomic E-state index is 10.7. The van der Waals surface area contributed by atoms with Crippen molar-refractivity contribution in [2.75, 3.05) is 0 Å². The third kappa shape index (κ3) is 3.67. The van der Waals surface area contributed by atoms with Crippen LogP contribution in [0.1, 0.15) is 33.1 Å². The van der Waals surface area contributed by atoms with Gasteiger partial charge in [0.25, 0.3) is 0 Å². The highest BCUT2D eigenvalue weighted by Crippen LogP contribution is 2.20. The van der Waals surface area contributed by atoms with Crippen LogP contribution in [-0.2, 0) is 4.79 Å². The van der Waals surface area contributed by atoms with Gasteiger partial charge < -0.3 is 5.32 Å². The van der Waals surface area contributed by atoms with Gasteiger partial charge in [0.1, 0.15) is 0 Å². The first kappa shape index (κ1) is 10.4. The molecule has 0 aromatic rings. The first-order valence-electron chi connectivity index (χ1n) is 4.50. The van der Waals surface area contributed by atoms with Crippen LogP contribution in [-0.4, -0.2) is 16.4 Å². The molecule has 0 aromatic heterocycles. The van der Waals surface area contributed by atoms with Crippen LogP contribution in [0.4, 0.5) is 0 Å². The highest BCUT2D eigenvalue weighted by atomic mass is 32.2. The second-order valence-corrected chi connectivity index (χ2v) is 4.17. The molecule has 13 heavy (non-hydrogen) atoms. The number of hydrogen-bond acceptors (Lipinski definition) is 4. The van der Waals surface area contributed by atoms with Gasteiger partial charge in [-0.3, -0.25) is 10.2 Å². The minimum atomic E-state index is -0.0656. The number of amidine groups is 1. The van der Waals surface area contributed by atoms with Gasteiger partial charge in [-0.2, -0.15) is 5.10 Å². The summed E-state index contributed by atoms with van der Waals surface area (Å²) in [6.45, 7) is 3.65. The molecule has 0 radical (unpaired) electrons. The van der Waals surface area contributed by atoms with Crippen molar-refractivity contribution in [3.63, 3.8) is 0 Å². The molecule has 5 heteroatoms. The molecule has 74 valence electrons. The molecule has 0 spiro atoms. The van der Waals surface area contributed by atoms with E-state index in [0.29, 0.717) is 10.5 Å². The van der Waals surface area contributed by atoms with Crippen molar-refractivity contribution in [3.05, 3.63) is 0 Å². The topological polar surface area (TPSA) is 53.5 Å². The lowest BCUT2D eigenvalue weighted by molar-refractivity contribution is -0.117. The minimum Gasteiger partial charge on any atom is -0.304 e. The van der Waals surface area contributed by atoms with Crippen molar-refractivity contribution >= 4 is 22.8 Å². The summed E-state index contributed by atoms with van der Waals surface area (Å²) < 4.78 is 0. The van der Waals surface area contributed by atoms with Crippen molar-refractivity contribution in [3.8, 4) is 0 Å². The van der Waals surface area contributed by atoms with Crippen LogP contribution in [0.25, 0.3) is 0 Å². The van der Waals surface area contributed by atoms with E-state index in [1.807, 2.05) is 0 Å². The monoisotopic (exact) mass is 201 g/mol. The highest BCUT2D eigenvalue weighted by molar-refractivity contribution is 8.14. The number of nitrogens with zero attached hydrogens (tertiary/aromatic N) is 1. The lowest BCUT2D eigenvalue weighted by Gasteiger charge is -2.06. The Morgan fingerprint density at radius 1 is 1.77 bits per heavy atom. The summed E-state index contributed by atoms with van der Waals surface area (Å²) in [6, 6.07) is 0. The lowest BCUT2D eigenvalue weighted by atomic mass is 10.2. The number of hydrazone groups is 1. The number of rotatable bonds is 3. The Morgan fingerprint density at radius 3 is 3.15 bits per heavy atom. The maximum Gasteiger partial charge on any atom is 0.222 e. The van der Waals surface area contributed by atoms with Gasteiger partial charge in [0, 0.05) is 6.92 Å². The summed E-state index contributed by atoms with van der Waals surface area (Å²) in [5.41, 5.74) is 2.98. The summed E-state index contributed by atoms with van der Waals surface area (Å²) in [5, 5.41) is 7.69. The summed E-state index contributed by atoms with van der Waals surface area (Å²) >= 11 is 1.59. The zero-order valence-electron chi connectivity index (χ0n) is 7.96. The van der Waals surface area contributed by atoms with Crippen LogP contribution in [0.3, 0.4) is 0 Å². The zero-order chi connectivity index (χ0) is 9.68. The number of unbranched alkanes of at least 4 members (excludes halogenated alkanes) is 1. The number of carbonyl (C=O) groups excluding carboxylic acids is 1. The first-order valence-corrected chi connectivity index (χ1v) is 5.37. The quantitative estimate of drug-likeness (QED) is 0.722. The van der Waals surface area contributed by atoms with Crippen LogP contribution < -0.4 is 10.7 Å². The smallest absolute Gasteiger partial charge is 0.222 e. The fraction of sp³-hybridized carbons (Fsp3) is 0.750. The van der Waals surface area contributed by atoms with E-state index in [-0.39, 0.29) is 5.91 Å². The van der Waals surface area contributed by atoms with Crippen LogP contribution in [0.2, 0.25) is 0 Å². The summed E-state index contributed by atoms with van der Waals surface area (Å²) in [7, 11) is 0. The van der Waals surface area contributed by atoms with Crippen LogP contribution in [0.5, 0.6) is 0 Å². The lowest BCUT2D eigenvalue weighted by Crippen LogP contribution is -2.24. The standard InChI is InChI=1S/C8H15N3OS/c1-3-4-5-7-10-11-8(13-7)9-6(2)12/h7,10H,3-5H2,1-2H3,(H,9,11,12). The molecule has 2 N–H and O–H groups in total. The van der Waals surface area contributed by atoms with Crippen LogP contribution in [0.15, 0.2) is 5.10 Å². The Hall–Kier alpha value is -0.710. The summed E-state index contributed by atoms with van der Waals surface area (Å²) in [6.07, 6.45) is 3.47. The molecule has 4 nitrogen and oxygen atoms in total. The molecule has 0 fully saturated rings. The van der Waals surface area contributed by atoms with Gasteiger partial charge >= 0.3 is 0 Å². The van der Waals surface area contributed by atoms with Crippen molar-refractivity contribution < 1.29 is 4.79 Å². The number of nitrogens with one attached hydrogen (secondary N) is 2. The molecule has 0 saturated carbocycles. The number of carbonyl (C=O) groups is 1. The molecule has 0 aliphatic carbocycles. The molecular formula is C8H15N3OS. The number of thioether (sulfide) groups is 1. The van der Waals surface area contributed by atoms with Gasteiger partial charge in [-0.25, -0.2) is 0 Å². The molecule has 1 aliphatic heterocycles. The van der Waals surface area contributed by atoms with E-state index in [0.717, 1.165) is 6.42 Å². The molecule has 0 saturated heterocycles. The molecule has 0 aromatic carbocycles. The number of amides is 1. The van der Waals surface area contributed by atoms with Crippen molar-refractivity contribution in [1.29, 1.82) is 0 Å². The average Bonchev–Trinajstić information content (AvgIpc) is 2.48. The average molecular weight is 201 g/mol. The van der Waals surface area contributed by atoms with Crippen molar-refractivity contribution in [1.82, 2.24) is 10.7 Å². The second-order valence-electron chi connectivity index (χ2n) is 2.98. The van der Waals surface area contributed by atoms with Gasteiger partial charge in [-0.05, 0) is 6.42 Å². The molecule has 1 amide bonds. The van der Waals surface area contributed by atoms with E-state index in [1.165, 1.54) is 19.8 Å². The Kier molecular flexibility index (Phi) is 4.08. The molecular weight excluding hydrogens is 186 g/mol. The largest absolute Gasteiger partial charge is 0.304 e. The predicted octanol–water partition coefficient (Wildman–Crippen LogP) is 1.25. The van der Waals surface area contributed by atoms with Crippen molar-refractivity contribution in [2.24, 2.45) is 5.10 Å². The number of hydrogen-bond donors (Lipinski definition) is 2. The zero-order valence-corrected chi connectivity index (χ0v) is 8.78. The first-order chi connectivity index (χ1) is 6.22. The molecule has 1 heterocycles. The predicted molar refractivity (Wildman–Crippen MR) is 55.3 cm³/mol. The molecule has 0 bridgehead atoms. The van der Waals surface area contributed by atoms with Gasteiger partial charge in [0.05, 0.1) is 5.37 Å². The van der Waals surface area contributed by atoms with Gasteiger partial charge in [-0.1, -0.05) is 31.5 Å². The van der Waals surface area contributed by atoms with Crippen LogP contribution >= 0.6 is 11.8 Å². The Balaban J connectivity index is 2.21. The third-order valence-corrected chi connectivity index (χ3v) is 2.71. The van der Waals surface area contributed by atoms with Crippen LogP contribution in [0, 0.1) is 0 Å². The molecule has 1 aliphatic rings. The van der Waals surface area contributed by atoms with Gasteiger partial charge in [0.2, 0.25) is 5.91 Å². The second kappa shape index (κ2) is 5.11. The van der Waals surface area contributed by atoms with E-state index < -0.39 is 0 Å². The SMILES string of the molecule is CCCCC1NN=C(NC(C)=O)S1. The molecule has 1 unspecified atom stereocenters. The summed E-state index contributed by atoms with van der Waals surface area (Å²) in [4.78, 5) is 10.7. The normalized spacial score (nSPS) is 20.8. The van der Waals surface area contributed by atoms with Crippen molar-refractivity contribution in [2.45, 2.75) is 38.5 Å². The molecule has 1 rings (SSSR count). The minimum absolute atomic E-state index is 0.0656. The highest BCUT2D eigenvalue weighted by Gasteiger charge is 2.18. The van der Waals surface area contributed by atoms with Gasteiger partial charge in [0.15, 0.2) is 5.17 Å². The van der Waals surface area contributed by atoms with E-state index in [2.05, 4.69) is 22.8 Å². The third-order valence-electron chi connectivity index (χ3n) is 1.67. The van der Waals surface area contributed by atoms with Gasteiger partial charge in [-0.15, -0.1) is 0 Å². The van der Waals surface area contributed by atoms with E-state index >= 15 is 0 Å². The fourth-order valence-corrected chi connectivity index (χ4v) is 2.01. The summed E-state index contributed by atoms with van der Waals surface area (Å²) in [5.74, 6) is -0.0656. The maximum atomic E-state index is 10.7. The molecule has 1 atom stereocenters. The van der Waals surface area contributed by atoms with E-state index in [4.69, 9.17) is 0 Å². The van der Waals surface area contributed by atoms with E-state index in [9.17, 15) is 4.79 Å². The van der Waals surface area contributed by atoms with E-state index in [1.54, 1.807) is 11.8 Å². The Morgan fingerprint density at radius 2 is 2.54 bits per heavy atom. The fourth-order valence-electron chi connectivity index (χ4n) is 1.04. The Bertz CT molecular complexity index is 217.